The number of hydrogen-bond donors (Lipinski definition) is 1. The summed E-state index contributed by atoms with van der Waals surface area (Å²) in [6, 6.07) is 17.6. The van der Waals surface area contributed by atoms with Crippen molar-refractivity contribution in [2.45, 2.75) is 33.2 Å². The number of aryl methyl sites for hydroxylation is 2. The number of fused-ring (bicyclic) bond motifs is 1. The lowest BCUT2D eigenvalue weighted by molar-refractivity contribution is -0.116. The molecule has 0 fully saturated rings. The predicted octanol–water partition coefficient (Wildman–Crippen LogP) is 4.59. The van der Waals surface area contributed by atoms with Crippen molar-refractivity contribution in [3.8, 4) is 11.6 Å². The summed E-state index contributed by atoms with van der Waals surface area (Å²) in [7, 11) is 0. The van der Waals surface area contributed by atoms with E-state index in [1.807, 2.05) is 66.1 Å². The molecule has 2 aromatic carbocycles. The molecule has 4 aromatic rings. The molecular weight excluding hydrogens is 352 g/mol. The molecule has 0 saturated carbocycles. The Hall–Kier alpha value is -3.41. The Morgan fingerprint density at radius 1 is 1.11 bits per heavy atom. The molecule has 6 heteroatoms. The number of carbonyl (C=O) groups is 1. The second kappa shape index (κ2) is 7.68. The maximum atomic E-state index is 12.8. The number of benzene rings is 2. The molecule has 4 rings (SSSR count). The summed E-state index contributed by atoms with van der Waals surface area (Å²) in [6.45, 7) is 4.19. The first-order valence-corrected chi connectivity index (χ1v) is 9.42. The third-order valence-corrected chi connectivity index (χ3v) is 4.68. The monoisotopic (exact) mass is 374 g/mol. The largest absolute Gasteiger partial charge is 0.419 e. The minimum absolute atomic E-state index is 0.106. The van der Waals surface area contributed by atoms with Crippen LogP contribution in [0.2, 0.25) is 0 Å². The number of amides is 1. The van der Waals surface area contributed by atoms with Gasteiger partial charge in [0.05, 0.1) is 0 Å². The summed E-state index contributed by atoms with van der Waals surface area (Å²) in [5.74, 6) is 0.937. The molecule has 0 bridgehead atoms. The second-order valence-electron chi connectivity index (χ2n) is 6.79. The highest BCUT2D eigenvalue weighted by molar-refractivity contribution is 5.94. The Balaban J connectivity index is 1.68. The first kappa shape index (κ1) is 18.0. The standard InChI is InChI=1S/C22H22N4O2/c1-3-8-21-24-25-22(28-21)19-13-16-10-5-7-12-18(16)26(19)14-20(27)23-17-11-6-4-9-15(17)2/h4-7,9-13H,3,8,14H2,1-2H3,(H,23,27). The van der Waals surface area contributed by atoms with Crippen LogP contribution in [0.5, 0.6) is 0 Å². The van der Waals surface area contributed by atoms with E-state index in [9.17, 15) is 4.79 Å². The minimum atomic E-state index is -0.106. The van der Waals surface area contributed by atoms with Crippen LogP contribution in [-0.4, -0.2) is 20.7 Å². The fourth-order valence-electron chi connectivity index (χ4n) is 3.28. The highest BCUT2D eigenvalue weighted by Gasteiger charge is 2.18. The van der Waals surface area contributed by atoms with Gasteiger partial charge in [-0.1, -0.05) is 43.3 Å². The number of nitrogens with one attached hydrogen (secondary N) is 1. The molecule has 2 heterocycles. The van der Waals surface area contributed by atoms with Crippen LogP contribution in [0.15, 0.2) is 59.0 Å². The molecule has 0 unspecified atom stereocenters. The van der Waals surface area contributed by atoms with E-state index in [-0.39, 0.29) is 12.5 Å². The number of rotatable bonds is 6. The number of carbonyl (C=O) groups excluding carboxylic acids is 1. The molecule has 2 aromatic heterocycles. The number of para-hydroxylation sites is 2. The lowest BCUT2D eigenvalue weighted by Crippen LogP contribution is -2.19. The highest BCUT2D eigenvalue weighted by Crippen LogP contribution is 2.28. The Bertz CT molecular complexity index is 1130. The first-order chi connectivity index (χ1) is 13.7. The van der Waals surface area contributed by atoms with Crippen LogP contribution in [-0.2, 0) is 17.8 Å². The molecule has 0 aliphatic rings. The fourth-order valence-corrected chi connectivity index (χ4v) is 3.28. The van der Waals surface area contributed by atoms with E-state index >= 15 is 0 Å². The van der Waals surface area contributed by atoms with E-state index in [2.05, 4.69) is 22.4 Å². The van der Waals surface area contributed by atoms with Gasteiger partial charge in [-0.05, 0) is 37.1 Å². The van der Waals surface area contributed by atoms with Gasteiger partial charge in [-0.3, -0.25) is 4.79 Å². The summed E-state index contributed by atoms with van der Waals surface area (Å²) in [4.78, 5) is 12.8. The SMILES string of the molecule is CCCc1nnc(-c2cc3ccccc3n2CC(=O)Nc2ccccc2C)o1. The molecule has 0 aliphatic carbocycles. The molecule has 0 saturated heterocycles. The Morgan fingerprint density at radius 3 is 2.71 bits per heavy atom. The van der Waals surface area contributed by atoms with Crippen LogP contribution in [0.25, 0.3) is 22.5 Å². The van der Waals surface area contributed by atoms with E-state index in [4.69, 9.17) is 4.42 Å². The fraction of sp³-hybridized carbons (Fsp3) is 0.227. The van der Waals surface area contributed by atoms with Crippen LogP contribution in [0.3, 0.4) is 0 Å². The molecule has 0 spiro atoms. The average molecular weight is 374 g/mol. The molecule has 0 aliphatic heterocycles. The minimum Gasteiger partial charge on any atom is -0.419 e. The summed E-state index contributed by atoms with van der Waals surface area (Å²) in [6.07, 6.45) is 1.67. The van der Waals surface area contributed by atoms with Crippen molar-refractivity contribution in [2.75, 3.05) is 5.32 Å². The Morgan fingerprint density at radius 2 is 1.89 bits per heavy atom. The van der Waals surface area contributed by atoms with Crippen molar-refractivity contribution in [1.29, 1.82) is 0 Å². The van der Waals surface area contributed by atoms with Gasteiger partial charge in [-0.2, -0.15) is 0 Å². The van der Waals surface area contributed by atoms with E-state index in [0.29, 0.717) is 11.8 Å². The Labute approximate surface area is 163 Å². The van der Waals surface area contributed by atoms with Crippen LogP contribution in [0.1, 0.15) is 24.8 Å². The number of hydrogen-bond acceptors (Lipinski definition) is 4. The van der Waals surface area contributed by atoms with Crippen molar-refractivity contribution >= 4 is 22.5 Å². The third kappa shape index (κ3) is 3.53. The van der Waals surface area contributed by atoms with Gasteiger partial charge in [0.2, 0.25) is 11.8 Å². The molecule has 1 amide bonds. The third-order valence-electron chi connectivity index (χ3n) is 4.68. The highest BCUT2D eigenvalue weighted by atomic mass is 16.4. The van der Waals surface area contributed by atoms with Gasteiger partial charge in [-0.25, -0.2) is 0 Å². The quantitative estimate of drug-likeness (QED) is 0.536. The normalized spacial score (nSPS) is 11.1. The Kier molecular flexibility index (Phi) is 4.93. The molecule has 0 radical (unpaired) electrons. The molecule has 0 atom stereocenters. The van der Waals surface area contributed by atoms with Gasteiger partial charge in [0, 0.05) is 23.0 Å². The number of aromatic nitrogens is 3. The van der Waals surface area contributed by atoms with Gasteiger partial charge < -0.3 is 14.3 Å². The maximum absolute atomic E-state index is 12.8. The lowest BCUT2D eigenvalue weighted by Gasteiger charge is -2.11. The summed E-state index contributed by atoms with van der Waals surface area (Å²) in [5.41, 5.74) is 3.53. The first-order valence-electron chi connectivity index (χ1n) is 9.42. The molecule has 142 valence electrons. The van der Waals surface area contributed by atoms with Crippen molar-refractivity contribution < 1.29 is 9.21 Å². The summed E-state index contributed by atoms with van der Waals surface area (Å²) in [5, 5.41) is 12.3. The van der Waals surface area contributed by atoms with Gasteiger partial charge >= 0.3 is 0 Å². The molecule has 1 N–H and O–H groups in total. The zero-order valence-corrected chi connectivity index (χ0v) is 16.0. The van der Waals surface area contributed by atoms with Gasteiger partial charge in [0.15, 0.2) is 0 Å². The van der Waals surface area contributed by atoms with Gasteiger partial charge in [-0.15, -0.1) is 10.2 Å². The lowest BCUT2D eigenvalue weighted by atomic mass is 10.2. The summed E-state index contributed by atoms with van der Waals surface area (Å²) >= 11 is 0. The van der Waals surface area contributed by atoms with E-state index in [1.165, 1.54) is 0 Å². The van der Waals surface area contributed by atoms with Crippen LogP contribution in [0, 0.1) is 6.92 Å². The smallest absolute Gasteiger partial charge is 0.264 e. The van der Waals surface area contributed by atoms with E-state index < -0.39 is 0 Å². The topological polar surface area (TPSA) is 73.0 Å². The number of nitrogens with zero attached hydrogens (tertiary/aromatic N) is 3. The molecular formula is C22H22N4O2. The van der Waals surface area contributed by atoms with E-state index in [0.717, 1.165) is 40.7 Å². The predicted molar refractivity (Wildman–Crippen MR) is 109 cm³/mol. The van der Waals surface area contributed by atoms with Gasteiger partial charge in [0.25, 0.3) is 5.89 Å². The zero-order chi connectivity index (χ0) is 19.5. The average Bonchev–Trinajstić information content (AvgIpc) is 3.29. The maximum Gasteiger partial charge on any atom is 0.264 e. The van der Waals surface area contributed by atoms with Crippen molar-refractivity contribution in [3.63, 3.8) is 0 Å². The zero-order valence-electron chi connectivity index (χ0n) is 16.0. The van der Waals surface area contributed by atoms with Crippen LogP contribution < -0.4 is 5.32 Å². The molecule has 28 heavy (non-hydrogen) atoms. The molecule has 6 nitrogen and oxygen atoms in total. The van der Waals surface area contributed by atoms with Crippen LogP contribution in [0.4, 0.5) is 5.69 Å². The van der Waals surface area contributed by atoms with Crippen molar-refractivity contribution in [2.24, 2.45) is 0 Å². The summed E-state index contributed by atoms with van der Waals surface area (Å²) < 4.78 is 7.75. The van der Waals surface area contributed by atoms with Gasteiger partial charge in [0.1, 0.15) is 12.2 Å². The number of anilines is 1. The second-order valence-corrected chi connectivity index (χ2v) is 6.79. The van der Waals surface area contributed by atoms with Crippen molar-refractivity contribution in [3.05, 3.63) is 66.1 Å². The van der Waals surface area contributed by atoms with E-state index in [1.54, 1.807) is 0 Å². The van der Waals surface area contributed by atoms with Crippen molar-refractivity contribution in [1.82, 2.24) is 14.8 Å². The van der Waals surface area contributed by atoms with Crippen LogP contribution >= 0.6 is 0 Å².